The second-order valence-electron chi connectivity index (χ2n) is 6.24. The fourth-order valence-corrected chi connectivity index (χ4v) is 3.13. The van der Waals surface area contributed by atoms with Gasteiger partial charge in [0.05, 0.1) is 18.0 Å². The third kappa shape index (κ3) is 6.20. The van der Waals surface area contributed by atoms with Crippen LogP contribution in [0.15, 0.2) is 53.5 Å². The molecule has 0 spiro atoms. The van der Waals surface area contributed by atoms with Gasteiger partial charge in [-0.3, -0.25) is 4.99 Å². The number of aliphatic imine (C=N–C) groups is 1. The molecular weight excluding hydrogens is 457 g/mol. The molecule has 13 heteroatoms. The first-order valence-electron chi connectivity index (χ1n) is 8.78. The largest absolute Gasteiger partial charge is 0.534 e. The molecule has 0 unspecified atom stereocenters. The van der Waals surface area contributed by atoms with Crippen molar-refractivity contribution in [3.05, 3.63) is 54.2 Å². The Kier molecular flexibility index (Phi) is 7.46. The van der Waals surface area contributed by atoms with E-state index in [9.17, 15) is 31.2 Å². The van der Waals surface area contributed by atoms with Gasteiger partial charge in [-0.25, -0.2) is 9.59 Å². The van der Waals surface area contributed by atoms with Gasteiger partial charge in [0.25, 0.3) is 0 Å². The van der Waals surface area contributed by atoms with Crippen LogP contribution in [0.1, 0.15) is 12.6 Å². The summed E-state index contributed by atoms with van der Waals surface area (Å²) in [7, 11) is -5.66. The van der Waals surface area contributed by atoms with E-state index in [1.807, 2.05) is 19.1 Å². The van der Waals surface area contributed by atoms with Crippen molar-refractivity contribution >= 4 is 27.8 Å². The average molecular weight is 474 g/mol. The van der Waals surface area contributed by atoms with Crippen LogP contribution in [0.3, 0.4) is 0 Å². The van der Waals surface area contributed by atoms with E-state index in [1.54, 1.807) is 0 Å². The Morgan fingerprint density at radius 2 is 1.56 bits per heavy atom. The van der Waals surface area contributed by atoms with Crippen molar-refractivity contribution in [3.8, 4) is 17.0 Å². The van der Waals surface area contributed by atoms with Gasteiger partial charge in [-0.15, -0.1) is 0 Å². The summed E-state index contributed by atoms with van der Waals surface area (Å²) in [6.45, 7) is 3.27. The van der Waals surface area contributed by atoms with Gasteiger partial charge in [-0.2, -0.15) is 21.6 Å². The summed E-state index contributed by atoms with van der Waals surface area (Å²) in [5, 5.41) is 15.6. The minimum Gasteiger partial charge on any atom is -0.478 e. The van der Waals surface area contributed by atoms with Crippen molar-refractivity contribution in [3.63, 3.8) is 0 Å². The summed E-state index contributed by atoms with van der Waals surface area (Å²) < 4.78 is 65.1. The maximum absolute atomic E-state index is 12.3. The summed E-state index contributed by atoms with van der Waals surface area (Å²) in [5.41, 5.74) is -1.93. The topological polar surface area (TPSA) is 135 Å². The zero-order chi connectivity index (χ0) is 24.1. The number of halogens is 3. The molecule has 0 bridgehead atoms. The number of aliphatic carboxylic acids is 2. The third-order valence-electron chi connectivity index (χ3n) is 4.03. The van der Waals surface area contributed by atoms with E-state index < -0.39 is 27.6 Å². The van der Waals surface area contributed by atoms with Crippen molar-refractivity contribution < 1.29 is 45.6 Å². The van der Waals surface area contributed by atoms with E-state index in [2.05, 4.69) is 13.7 Å². The Labute approximate surface area is 180 Å². The highest BCUT2D eigenvalue weighted by molar-refractivity contribution is 7.88. The quantitative estimate of drug-likeness (QED) is 0.386. The van der Waals surface area contributed by atoms with Crippen molar-refractivity contribution in [2.24, 2.45) is 4.99 Å². The van der Waals surface area contributed by atoms with Crippen molar-refractivity contribution in [2.45, 2.75) is 19.0 Å². The molecule has 1 aliphatic heterocycles. The molecule has 0 fully saturated rings. The first-order valence-corrected chi connectivity index (χ1v) is 10.2. The van der Waals surface area contributed by atoms with E-state index >= 15 is 0 Å². The van der Waals surface area contributed by atoms with Crippen LogP contribution >= 0.6 is 0 Å². The first-order chi connectivity index (χ1) is 14.8. The second-order valence-corrected chi connectivity index (χ2v) is 7.78. The van der Waals surface area contributed by atoms with Crippen LogP contribution in [0, 0.1) is 0 Å². The van der Waals surface area contributed by atoms with Crippen molar-refractivity contribution in [1.29, 1.82) is 0 Å². The molecule has 0 saturated carbocycles. The van der Waals surface area contributed by atoms with Crippen molar-refractivity contribution in [1.82, 2.24) is 4.57 Å². The first kappa shape index (κ1) is 24.7. The number of aromatic nitrogens is 1. The van der Waals surface area contributed by atoms with Crippen LogP contribution in [-0.4, -0.2) is 52.9 Å². The molecule has 2 heterocycles. The molecule has 0 aliphatic carbocycles. The lowest BCUT2D eigenvalue weighted by atomic mass is 10.1. The van der Waals surface area contributed by atoms with Gasteiger partial charge in [-0.1, -0.05) is 0 Å². The molecule has 0 amide bonds. The summed E-state index contributed by atoms with van der Waals surface area (Å²) in [6, 6.07) is 9.24. The normalized spacial score (nSPS) is 13.6. The third-order valence-corrected chi connectivity index (χ3v) is 5.01. The van der Waals surface area contributed by atoms with Gasteiger partial charge in [0.1, 0.15) is 5.75 Å². The molecule has 1 aromatic heterocycles. The lowest BCUT2D eigenvalue weighted by Crippen LogP contribution is -2.28. The highest BCUT2D eigenvalue weighted by atomic mass is 32.2. The van der Waals surface area contributed by atoms with E-state index in [0.717, 1.165) is 22.7 Å². The fourth-order valence-electron chi connectivity index (χ4n) is 2.67. The van der Waals surface area contributed by atoms with Gasteiger partial charge in [0, 0.05) is 24.4 Å². The maximum Gasteiger partial charge on any atom is 0.534 e. The van der Waals surface area contributed by atoms with E-state index in [-0.39, 0.29) is 5.75 Å². The van der Waals surface area contributed by atoms with E-state index in [4.69, 9.17) is 10.2 Å². The molecule has 3 rings (SSSR count). The van der Waals surface area contributed by atoms with Gasteiger partial charge in [0.2, 0.25) is 0 Å². The van der Waals surface area contributed by atoms with Crippen LogP contribution in [0.25, 0.3) is 11.3 Å². The van der Waals surface area contributed by atoms with Gasteiger partial charge in [0.15, 0.2) is 0 Å². The second kappa shape index (κ2) is 9.68. The monoisotopic (exact) mass is 474 g/mol. The molecule has 9 nitrogen and oxygen atoms in total. The van der Waals surface area contributed by atoms with Crippen LogP contribution in [-0.2, 0) is 26.3 Å². The zero-order valence-corrected chi connectivity index (χ0v) is 17.2. The molecule has 0 radical (unpaired) electrons. The van der Waals surface area contributed by atoms with Crippen LogP contribution in [0.4, 0.5) is 13.2 Å². The van der Waals surface area contributed by atoms with Crippen LogP contribution in [0.5, 0.6) is 5.75 Å². The summed E-state index contributed by atoms with van der Waals surface area (Å²) in [6.07, 6.45) is 1.12. The predicted octanol–water partition coefficient (Wildman–Crippen LogP) is 2.92. The number of fused-ring (bicyclic) bond motifs is 1. The number of carboxylic acids is 2. The van der Waals surface area contributed by atoms with Gasteiger partial charge >= 0.3 is 27.6 Å². The smallest absolute Gasteiger partial charge is 0.478 e. The summed E-state index contributed by atoms with van der Waals surface area (Å²) >= 11 is 0. The number of benzene rings is 1. The lowest BCUT2D eigenvalue weighted by molar-refractivity contribution is -0.134. The number of carboxylic acid groups (broad SMARTS) is 2. The molecule has 1 aromatic carbocycles. The maximum atomic E-state index is 12.3. The molecule has 1 aliphatic rings. The zero-order valence-electron chi connectivity index (χ0n) is 16.4. The molecule has 172 valence electrons. The minimum atomic E-state index is -5.66. The standard InChI is InChI=1S/C15H13F3N2O3S.C4H4O4/c1-10-13-6-7-14(20(13)9-8-19-10)11-2-4-12(5-3-11)23-24(21,22)15(16,17)18;5-3(6)1-2-4(7)8/h2-7H,8-9H2,1H3;1-2H,(H,5,6)(H,7,8)/b;2-1+. The van der Waals surface area contributed by atoms with E-state index in [1.165, 1.54) is 24.3 Å². The Morgan fingerprint density at radius 1 is 1.03 bits per heavy atom. The Morgan fingerprint density at radius 3 is 2.06 bits per heavy atom. The Balaban J connectivity index is 0.000000390. The number of nitrogens with zero attached hydrogens (tertiary/aromatic N) is 2. The van der Waals surface area contributed by atoms with Crippen LogP contribution in [0.2, 0.25) is 0 Å². The highest BCUT2D eigenvalue weighted by Crippen LogP contribution is 2.30. The van der Waals surface area contributed by atoms with Crippen LogP contribution < -0.4 is 4.18 Å². The summed E-state index contributed by atoms with van der Waals surface area (Å²) in [4.78, 5) is 23.5. The van der Waals surface area contributed by atoms with Gasteiger partial charge in [-0.05, 0) is 48.9 Å². The predicted molar refractivity (Wildman–Crippen MR) is 107 cm³/mol. The molecule has 32 heavy (non-hydrogen) atoms. The molecule has 2 N–H and O–H groups in total. The molecule has 0 saturated heterocycles. The average Bonchev–Trinajstić information content (AvgIpc) is 3.12. The van der Waals surface area contributed by atoms with E-state index in [0.29, 0.717) is 25.2 Å². The lowest BCUT2D eigenvalue weighted by Gasteiger charge is -2.17. The SMILES string of the molecule is CC1=NCCn2c1ccc2-c1ccc(OS(=O)(=O)C(F)(F)F)cc1.O=C(O)/C=C/C(=O)O. The Hall–Kier alpha value is -3.61. The Bertz CT molecular complexity index is 1150. The highest BCUT2D eigenvalue weighted by Gasteiger charge is 2.48. The minimum absolute atomic E-state index is 0.390. The summed E-state index contributed by atoms with van der Waals surface area (Å²) in [5.74, 6) is -2.90. The molecule has 0 atom stereocenters. The number of hydrogen-bond acceptors (Lipinski definition) is 6. The fraction of sp³-hybridized carbons (Fsp3) is 0.211. The van der Waals surface area contributed by atoms with Gasteiger partial charge < -0.3 is 19.0 Å². The number of rotatable bonds is 5. The number of hydrogen-bond donors (Lipinski definition) is 2. The molecular formula is C19H17F3N2O7S. The van der Waals surface area contributed by atoms with Crippen molar-refractivity contribution in [2.75, 3.05) is 6.54 Å². The molecule has 2 aromatic rings. The number of alkyl halides is 3. The number of carbonyl (C=O) groups is 2.